The van der Waals surface area contributed by atoms with Crippen LogP contribution in [0.1, 0.15) is 15.2 Å². The Morgan fingerprint density at radius 3 is 2.23 bits per heavy atom. The number of carbonyl (C=O) groups excluding carboxylic acids is 2. The van der Waals surface area contributed by atoms with Gasteiger partial charge in [0.05, 0.1) is 27.9 Å². The molecule has 0 atom stereocenters. The van der Waals surface area contributed by atoms with Gasteiger partial charge in [-0.25, -0.2) is 0 Å². The van der Waals surface area contributed by atoms with Crippen molar-refractivity contribution >= 4 is 23.2 Å². The van der Waals surface area contributed by atoms with E-state index in [-0.39, 0.29) is 18.4 Å². The van der Waals surface area contributed by atoms with Crippen LogP contribution in [0.2, 0.25) is 0 Å². The average Bonchev–Trinajstić information content (AvgIpc) is 3.29. The van der Waals surface area contributed by atoms with Crippen molar-refractivity contribution in [3.8, 4) is 17.2 Å². The van der Waals surface area contributed by atoms with E-state index in [1.807, 2.05) is 0 Å². The van der Waals surface area contributed by atoms with Gasteiger partial charge in [-0.05, 0) is 23.6 Å². The lowest BCUT2D eigenvalue weighted by molar-refractivity contribution is -0.131. The van der Waals surface area contributed by atoms with Crippen molar-refractivity contribution in [3.05, 3.63) is 40.1 Å². The highest BCUT2D eigenvalue weighted by Crippen LogP contribution is 2.38. The minimum atomic E-state index is -0.376. The number of amides is 2. The molecule has 1 saturated heterocycles. The molecule has 2 aromatic rings. The van der Waals surface area contributed by atoms with E-state index in [1.165, 1.54) is 26.2 Å². The predicted octanol–water partition coefficient (Wildman–Crippen LogP) is 1.85. The number of methoxy groups -OCH3 is 3. The lowest BCUT2D eigenvalue weighted by atomic mass is 10.1. The first kappa shape index (κ1) is 21.9. The van der Waals surface area contributed by atoms with Gasteiger partial charge in [-0.15, -0.1) is 11.3 Å². The van der Waals surface area contributed by atoms with Crippen molar-refractivity contribution in [2.24, 2.45) is 0 Å². The molecule has 0 bridgehead atoms. The van der Waals surface area contributed by atoms with Crippen LogP contribution in [0.25, 0.3) is 0 Å². The molecule has 8 nitrogen and oxygen atoms in total. The Morgan fingerprint density at radius 1 is 1.03 bits per heavy atom. The predicted molar refractivity (Wildman–Crippen MR) is 115 cm³/mol. The van der Waals surface area contributed by atoms with Gasteiger partial charge in [0.15, 0.2) is 11.5 Å². The number of nitrogens with one attached hydrogen (secondary N) is 1. The maximum absolute atomic E-state index is 12.6. The van der Waals surface area contributed by atoms with Gasteiger partial charge in [0.2, 0.25) is 11.7 Å². The van der Waals surface area contributed by atoms with Crippen LogP contribution in [0.3, 0.4) is 0 Å². The van der Waals surface area contributed by atoms with Gasteiger partial charge in [0.25, 0.3) is 5.91 Å². The third-order valence-corrected chi connectivity index (χ3v) is 5.87. The highest BCUT2D eigenvalue weighted by atomic mass is 32.1. The molecule has 0 spiro atoms. The van der Waals surface area contributed by atoms with E-state index in [1.54, 1.807) is 28.4 Å². The molecule has 9 heteroatoms. The Bertz CT molecular complexity index is 839. The summed E-state index contributed by atoms with van der Waals surface area (Å²) in [5.74, 6) is 0.712. The van der Waals surface area contributed by atoms with E-state index in [2.05, 4.69) is 27.7 Å². The van der Waals surface area contributed by atoms with Crippen LogP contribution in [0.4, 0.5) is 0 Å². The third kappa shape index (κ3) is 5.22. The van der Waals surface area contributed by atoms with Gasteiger partial charge >= 0.3 is 0 Å². The number of thiophene rings is 1. The Kier molecular flexibility index (Phi) is 7.53. The summed E-state index contributed by atoms with van der Waals surface area (Å²) in [5, 5.41) is 4.76. The molecule has 1 aromatic heterocycles. The van der Waals surface area contributed by atoms with Crippen molar-refractivity contribution in [1.82, 2.24) is 15.1 Å². The summed E-state index contributed by atoms with van der Waals surface area (Å²) in [4.78, 5) is 30.5. The zero-order valence-corrected chi connectivity index (χ0v) is 18.3. The van der Waals surface area contributed by atoms with Crippen LogP contribution in [0, 0.1) is 0 Å². The maximum Gasteiger partial charge on any atom is 0.251 e. The van der Waals surface area contributed by atoms with Crippen LogP contribution < -0.4 is 19.5 Å². The first-order valence-corrected chi connectivity index (χ1v) is 10.5. The van der Waals surface area contributed by atoms with E-state index in [9.17, 15) is 9.59 Å². The number of nitrogens with zero attached hydrogens (tertiary/aromatic N) is 2. The molecule has 1 aliphatic heterocycles. The van der Waals surface area contributed by atoms with E-state index in [0.717, 1.165) is 19.6 Å². The largest absolute Gasteiger partial charge is 0.493 e. The van der Waals surface area contributed by atoms with Crippen molar-refractivity contribution in [2.45, 2.75) is 6.54 Å². The van der Waals surface area contributed by atoms with Gasteiger partial charge in [-0.1, -0.05) is 6.07 Å². The minimum Gasteiger partial charge on any atom is -0.493 e. The molecule has 0 radical (unpaired) electrons. The molecule has 0 saturated carbocycles. The molecule has 3 rings (SSSR count). The molecule has 1 N–H and O–H groups in total. The second-order valence-corrected chi connectivity index (χ2v) is 7.87. The number of hydrogen-bond acceptors (Lipinski definition) is 7. The fourth-order valence-electron chi connectivity index (χ4n) is 3.36. The Labute approximate surface area is 180 Å². The van der Waals surface area contributed by atoms with E-state index in [4.69, 9.17) is 14.2 Å². The molecule has 162 valence electrons. The van der Waals surface area contributed by atoms with Gasteiger partial charge in [0.1, 0.15) is 0 Å². The number of benzene rings is 1. The van der Waals surface area contributed by atoms with Crippen molar-refractivity contribution < 1.29 is 23.8 Å². The number of carbonyl (C=O) groups is 2. The van der Waals surface area contributed by atoms with Crippen molar-refractivity contribution in [2.75, 3.05) is 54.1 Å². The monoisotopic (exact) mass is 433 g/mol. The van der Waals surface area contributed by atoms with Crippen LogP contribution >= 0.6 is 11.3 Å². The zero-order valence-electron chi connectivity index (χ0n) is 17.5. The van der Waals surface area contributed by atoms with E-state index >= 15 is 0 Å². The normalized spacial score (nSPS) is 14.3. The topological polar surface area (TPSA) is 80.3 Å². The third-order valence-electron chi connectivity index (χ3n) is 5.01. The molecular formula is C21H27N3O5S. The molecule has 0 aliphatic carbocycles. The minimum absolute atomic E-state index is 0.0551. The van der Waals surface area contributed by atoms with Gasteiger partial charge in [-0.2, -0.15) is 0 Å². The first-order chi connectivity index (χ1) is 14.5. The lowest BCUT2D eigenvalue weighted by Gasteiger charge is -2.34. The lowest BCUT2D eigenvalue weighted by Crippen LogP contribution is -2.50. The highest BCUT2D eigenvalue weighted by Gasteiger charge is 2.22. The summed E-state index contributed by atoms with van der Waals surface area (Å²) >= 11 is 1.74. The summed E-state index contributed by atoms with van der Waals surface area (Å²) in [6.45, 7) is 3.82. The summed E-state index contributed by atoms with van der Waals surface area (Å²) in [6, 6.07) is 7.30. The standard InChI is InChI=1S/C21H27N3O5S/c1-27-17-11-15(12-18(28-2)20(17)29-3)21(26)22-13-19(25)24-8-6-23(7-9-24)14-16-5-4-10-30-16/h4-5,10-12H,6-9,13-14H2,1-3H3,(H,22,26). The number of hydrogen-bond donors (Lipinski definition) is 1. The van der Waals surface area contributed by atoms with E-state index < -0.39 is 0 Å². The fraction of sp³-hybridized carbons (Fsp3) is 0.429. The van der Waals surface area contributed by atoms with Gasteiger partial charge < -0.3 is 24.4 Å². The number of ether oxygens (including phenoxy) is 3. The van der Waals surface area contributed by atoms with Gasteiger partial charge in [-0.3, -0.25) is 14.5 Å². The van der Waals surface area contributed by atoms with Crippen molar-refractivity contribution in [3.63, 3.8) is 0 Å². The van der Waals surface area contributed by atoms with E-state index in [0.29, 0.717) is 35.9 Å². The average molecular weight is 434 g/mol. The van der Waals surface area contributed by atoms with Crippen LogP contribution in [0.5, 0.6) is 17.2 Å². The molecule has 0 unspecified atom stereocenters. The number of piperazine rings is 1. The zero-order chi connectivity index (χ0) is 21.5. The second-order valence-electron chi connectivity index (χ2n) is 6.83. The Morgan fingerprint density at radius 2 is 1.70 bits per heavy atom. The Balaban J connectivity index is 1.52. The summed E-state index contributed by atoms with van der Waals surface area (Å²) in [6.07, 6.45) is 0. The molecule has 30 heavy (non-hydrogen) atoms. The van der Waals surface area contributed by atoms with Crippen molar-refractivity contribution in [1.29, 1.82) is 0 Å². The van der Waals surface area contributed by atoms with Crippen LogP contribution in [0.15, 0.2) is 29.6 Å². The first-order valence-electron chi connectivity index (χ1n) is 9.66. The molecule has 2 amide bonds. The summed E-state index contributed by atoms with van der Waals surface area (Å²) in [5.41, 5.74) is 0.332. The summed E-state index contributed by atoms with van der Waals surface area (Å²) in [7, 11) is 4.47. The molecule has 1 fully saturated rings. The van der Waals surface area contributed by atoms with Crippen LogP contribution in [-0.4, -0.2) is 75.7 Å². The quantitative estimate of drug-likeness (QED) is 0.684. The summed E-state index contributed by atoms with van der Waals surface area (Å²) < 4.78 is 15.8. The number of rotatable bonds is 8. The fourth-order valence-corrected chi connectivity index (χ4v) is 4.11. The smallest absolute Gasteiger partial charge is 0.251 e. The second kappa shape index (κ2) is 10.3. The van der Waals surface area contributed by atoms with Crippen LogP contribution in [-0.2, 0) is 11.3 Å². The molecular weight excluding hydrogens is 406 g/mol. The van der Waals surface area contributed by atoms with Gasteiger partial charge in [0, 0.05) is 43.2 Å². The highest BCUT2D eigenvalue weighted by molar-refractivity contribution is 7.09. The molecule has 2 heterocycles. The molecule has 1 aromatic carbocycles. The molecule has 1 aliphatic rings. The SMILES string of the molecule is COc1cc(C(=O)NCC(=O)N2CCN(Cc3cccs3)CC2)cc(OC)c1OC. The maximum atomic E-state index is 12.6. The Hall–Kier alpha value is -2.78.